The molecule has 0 radical (unpaired) electrons. The second kappa shape index (κ2) is 12.3. The number of para-hydroxylation sites is 1. The second-order valence-corrected chi connectivity index (χ2v) is 7.88. The van der Waals surface area contributed by atoms with Crippen LogP contribution in [0.5, 0.6) is 0 Å². The lowest BCUT2D eigenvalue weighted by atomic mass is 10.1. The van der Waals surface area contributed by atoms with Crippen LogP contribution in [0.2, 0.25) is 0 Å². The van der Waals surface area contributed by atoms with Crippen molar-refractivity contribution in [1.29, 1.82) is 0 Å². The number of hydrogen-bond acceptors (Lipinski definition) is 5. The van der Waals surface area contributed by atoms with E-state index in [4.69, 9.17) is 9.52 Å². The van der Waals surface area contributed by atoms with E-state index in [1.165, 1.54) is 5.69 Å². The molecule has 2 heterocycles. The van der Waals surface area contributed by atoms with Crippen LogP contribution >= 0.6 is 0 Å². The van der Waals surface area contributed by atoms with Crippen molar-refractivity contribution in [2.45, 2.75) is 46.6 Å². The fraction of sp³-hybridized carbons (Fsp3) is 0.583. The van der Waals surface area contributed by atoms with Crippen LogP contribution in [0.1, 0.15) is 44.2 Å². The summed E-state index contributed by atoms with van der Waals surface area (Å²) < 4.78 is 5.46. The summed E-state index contributed by atoms with van der Waals surface area (Å²) in [6, 6.07) is 10.7. The van der Waals surface area contributed by atoms with Crippen LogP contribution < -0.4 is 15.5 Å². The van der Waals surface area contributed by atoms with Gasteiger partial charge < -0.3 is 20.1 Å². The van der Waals surface area contributed by atoms with Crippen molar-refractivity contribution in [3.63, 3.8) is 0 Å². The van der Waals surface area contributed by atoms with Crippen molar-refractivity contribution in [1.82, 2.24) is 20.7 Å². The van der Waals surface area contributed by atoms with Crippen molar-refractivity contribution >= 4 is 11.6 Å². The molecule has 0 amide bonds. The molecule has 7 nitrogen and oxygen atoms in total. The van der Waals surface area contributed by atoms with Gasteiger partial charge in [-0.1, -0.05) is 37.2 Å². The number of aromatic nitrogens is 1. The van der Waals surface area contributed by atoms with Crippen LogP contribution in [0.4, 0.5) is 5.69 Å². The fourth-order valence-corrected chi connectivity index (χ4v) is 3.99. The summed E-state index contributed by atoms with van der Waals surface area (Å²) in [6.07, 6.45) is 2.82. The van der Waals surface area contributed by atoms with E-state index in [1.54, 1.807) is 0 Å². The Morgan fingerprint density at radius 3 is 2.48 bits per heavy atom. The molecule has 31 heavy (non-hydrogen) atoms. The monoisotopic (exact) mass is 426 g/mol. The highest BCUT2D eigenvalue weighted by Gasteiger charge is 2.16. The number of nitrogens with one attached hydrogen (secondary N) is 2. The number of piperazine rings is 1. The smallest absolute Gasteiger partial charge is 0.191 e. The van der Waals surface area contributed by atoms with E-state index >= 15 is 0 Å². The van der Waals surface area contributed by atoms with Gasteiger partial charge in [-0.05, 0) is 38.4 Å². The molecule has 7 heteroatoms. The molecule has 170 valence electrons. The van der Waals surface area contributed by atoms with Crippen LogP contribution in [0, 0.1) is 0 Å². The van der Waals surface area contributed by atoms with Gasteiger partial charge in [-0.2, -0.15) is 0 Å². The van der Waals surface area contributed by atoms with Gasteiger partial charge in [0.2, 0.25) is 0 Å². The van der Waals surface area contributed by atoms with Gasteiger partial charge in [0.05, 0.1) is 12.2 Å². The zero-order valence-corrected chi connectivity index (χ0v) is 19.4. The minimum absolute atomic E-state index is 0.604. The average Bonchev–Trinajstić information content (AvgIpc) is 3.23. The summed E-state index contributed by atoms with van der Waals surface area (Å²) in [5, 5.41) is 11.0. The summed E-state index contributed by atoms with van der Waals surface area (Å²) in [7, 11) is 0. The Labute approximate surface area is 186 Å². The molecule has 0 saturated carbocycles. The Kier molecular flexibility index (Phi) is 9.21. The zero-order chi connectivity index (χ0) is 21.9. The quantitative estimate of drug-likeness (QED) is 0.346. The van der Waals surface area contributed by atoms with Crippen LogP contribution in [0.3, 0.4) is 0 Å². The van der Waals surface area contributed by atoms with Gasteiger partial charge in [0, 0.05) is 56.9 Å². The molecule has 3 rings (SSSR count). The summed E-state index contributed by atoms with van der Waals surface area (Å²) in [5.74, 6) is 1.81. The second-order valence-electron chi connectivity index (χ2n) is 7.88. The van der Waals surface area contributed by atoms with Crippen molar-refractivity contribution in [2.75, 3.05) is 50.7 Å². The fourth-order valence-electron chi connectivity index (χ4n) is 3.99. The number of guanidine groups is 1. The molecule has 0 unspecified atom stereocenters. The minimum atomic E-state index is 0.604. The van der Waals surface area contributed by atoms with Crippen molar-refractivity contribution in [3.8, 4) is 0 Å². The molecular weight excluding hydrogens is 388 g/mol. The lowest BCUT2D eigenvalue weighted by Crippen LogP contribution is -2.47. The molecule has 1 aliphatic rings. The van der Waals surface area contributed by atoms with Crippen LogP contribution in [0.25, 0.3) is 0 Å². The van der Waals surface area contributed by atoms with Crippen molar-refractivity contribution in [3.05, 3.63) is 47.3 Å². The molecule has 1 saturated heterocycles. The Balaban J connectivity index is 1.41. The number of aliphatic imine (C=N–C) groups is 1. The number of benzene rings is 1. The first-order valence-corrected chi connectivity index (χ1v) is 11.8. The third kappa shape index (κ3) is 6.72. The molecule has 0 spiro atoms. The van der Waals surface area contributed by atoms with Gasteiger partial charge in [-0.25, -0.2) is 4.99 Å². The van der Waals surface area contributed by atoms with E-state index in [1.807, 2.05) is 0 Å². The third-order valence-corrected chi connectivity index (χ3v) is 5.78. The predicted octanol–water partition coefficient (Wildman–Crippen LogP) is 3.07. The molecule has 2 N–H and O–H groups in total. The highest BCUT2D eigenvalue weighted by Crippen LogP contribution is 2.17. The summed E-state index contributed by atoms with van der Waals surface area (Å²) in [5.41, 5.74) is 3.49. The van der Waals surface area contributed by atoms with Gasteiger partial charge in [0.1, 0.15) is 5.76 Å². The van der Waals surface area contributed by atoms with Crippen LogP contribution in [0.15, 0.2) is 39.8 Å². The van der Waals surface area contributed by atoms with Crippen molar-refractivity contribution < 1.29 is 4.52 Å². The maximum absolute atomic E-state index is 5.46. The number of nitrogens with zero attached hydrogens (tertiary/aromatic N) is 4. The van der Waals surface area contributed by atoms with Gasteiger partial charge in [-0.3, -0.25) is 4.90 Å². The van der Waals surface area contributed by atoms with Gasteiger partial charge >= 0.3 is 0 Å². The number of rotatable bonds is 10. The number of aryl methyl sites for hydroxylation is 2. The molecule has 1 fully saturated rings. The van der Waals surface area contributed by atoms with Gasteiger partial charge in [-0.15, -0.1) is 0 Å². The van der Waals surface area contributed by atoms with E-state index in [9.17, 15) is 0 Å². The lowest BCUT2D eigenvalue weighted by Gasteiger charge is -2.36. The third-order valence-electron chi connectivity index (χ3n) is 5.78. The first-order chi connectivity index (χ1) is 15.2. The first-order valence-electron chi connectivity index (χ1n) is 11.8. The van der Waals surface area contributed by atoms with Crippen LogP contribution in [-0.2, 0) is 19.4 Å². The standard InChI is InChI=1S/C24H38N6O/c1-4-22-21(23(5-2)31-28-22)19-27-24(25-6-3)26-13-10-14-29-15-17-30(18-16-29)20-11-8-7-9-12-20/h7-9,11-12H,4-6,10,13-19H2,1-3H3,(H2,25,26,27). The molecular formula is C24H38N6O. The minimum Gasteiger partial charge on any atom is -0.369 e. The molecule has 0 atom stereocenters. The maximum atomic E-state index is 5.46. The first kappa shape index (κ1) is 23.1. The summed E-state index contributed by atoms with van der Waals surface area (Å²) in [6.45, 7) is 14.2. The Hall–Kier alpha value is -2.54. The molecule has 1 aromatic carbocycles. The molecule has 1 aromatic heterocycles. The van der Waals surface area contributed by atoms with E-state index in [0.717, 1.165) is 88.1 Å². The lowest BCUT2D eigenvalue weighted by molar-refractivity contribution is 0.255. The highest BCUT2D eigenvalue weighted by molar-refractivity contribution is 5.79. The molecule has 0 bridgehead atoms. The van der Waals surface area contributed by atoms with Crippen LogP contribution in [-0.4, -0.2) is 61.8 Å². The Morgan fingerprint density at radius 2 is 1.81 bits per heavy atom. The maximum Gasteiger partial charge on any atom is 0.191 e. The van der Waals surface area contributed by atoms with Gasteiger partial charge in [0.25, 0.3) is 0 Å². The van der Waals surface area contributed by atoms with E-state index < -0.39 is 0 Å². The van der Waals surface area contributed by atoms with E-state index in [2.05, 4.69) is 76.7 Å². The molecule has 1 aliphatic heterocycles. The molecule has 0 aliphatic carbocycles. The predicted molar refractivity (Wildman–Crippen MR) is 128 cm³/mol. The van der Waals surface area contributed by atoms with E-state index in [0.29, 0.717) is 6.54 Å². The Morgan fingerprint density at radius 1 is 1.03 bits per heavy atom. The summed E-state index contributed by atoms with van der Waals surface area (Å²) in [4.78, 5) is 9.81. The number of hydrogen-bond donors (Lipinski definition) is 2. The van der Waals surface area contributed by atoms with Gasteiger partial charge in [0.15, 0.2) is 5.96 Å². The zero-order valence-electron chi connectivity index (χ0n) is 19.4. The average molecular weight is 427 g/mol. The largest absolute Gasteiger partial charge is 0.369 e. The Bertz CT molecular complexity index is 774. The normalized spacial score (nSPS) is 15.3. The van der Waals surface area contributed by atoms with Crippen molar-refractivity contribution in [2.24, 2.45) is 4.99 Å². The SMILES string of the molecule is CCNC(=NCc1c(CC)noc1CC)NCCCN1CCN(c2ccccc2)CC1. The highest BCUT2D eigenvalue weighted by atomic mass is 16.5. The van der Waals surface area contributed by atoms with E-state index in [-0.39, 0.29) is 0 Å². The molecule has 2 aromatic rings. The topological polar surface area (TPSA) is 68.9 Å². The summed E-state index contributed by atoms with van der Waals surface area (Å²) >= 11 is 0. The number of anilines is 1.